The van der Waals surface area contributed by atoms with Crippen molar-refractivity contribution in [2.45, 2.75) is 25.3 Å². The van der Waals surface area contributed by atoms with E-state index in [1.807, 2.05) is 0 Å². The van der Waals surface area contributed by atoms with Gasteiger partial charge in [-0.25, -0.2) is 0 Å². The topological polar surface area (TPSA) is 62.6 Å². The molecule has 5 nitrogen and oxygen atoms in total. The molecule has 0 aromatic rings. The monoisotopic (exact) mass is 214 g/mol. The van der Waals surface area contributed by atoms with Gasteiger partial charge in [-0.15, -0.1) is 0 Å². The van der Waals surface area contributed by atoms with Gasteiger partial charge < -0.3 is 15.5 Å². The Morgan fingerprint density at radius 3 is 2.47 bits per heavy atom. The van der Waals surface area contributed by atoms with Gasteiger partial charge in [-0.1, -0.05) is 0 Å². The summed E-state index contributed by atoms with van der Waals surface area (Å²) in [5.41, 5.74) is 0. The molecule has 1 aliphatic carbocycles. The SMILES string of the molecule is C[NH+](C)CCCNC(=O)C(=O)NC1CC1. The summed E-state index contributed by atoms with van der Waals surface area (Å²) in [6.07, 6.45) is 2.90. The van der Waals surface area contributed by atoms with Crippen LogP contribution in [-0.2, 0) is 9.59 Å². The molecule has 1 rings (SSSR count). The van der Waals surface area contributed by atoms with Crippen molar-refractivity contribution in [1.82, 2.24) is 10.6 Å². The minimum Gasteiger partial charge on any atom is -0.348 e. The van der Waals surface area contributed by atoms with E-state index in [9.17, 15) is 9.59 Å². The van der Waals surface area contributed by atoms with Crippen LogP contribution in [0.4, 0.5) is 0 Å². The summed E-state index contributed by atoms with van der Waals surface area (Å²) >= 11 is 0. The Morgan fingerprint density at radius 1 is 1.27 bits per heavy atom. The molecular weight excluding hydrogens is 194 g/mol. The number of hydrogen-bond donors (Lipinski definition) is 3. The predicted molar refractivity (Wildman–Crippen MR) is 56.5 cm³/mol. The van der Waals surface area contributed by atoms with E-state index >= 15 is 0 Å². The summed E-state index contributed by atoms with van der Waals surface area (Å²) in [4.78, 5) is 23.8. The molecule has 0 bridgehead atoms. The average Bonchev–Trinajstić information content (AvgIpc) is 2.95. The van der Waals surface area contributed by atoms with Crippen LogP contribution in [0, 0.1) is 0 Å². The molecule has 0 radical (unpaired) electrons. The maximum atomic E-state index is 11.2. The summed E-state index contributed by atoms with van der Waals surface area (Å²) in [6, 6.07) is 0.245. The fraction of sp³-hybridized carbons (Fsp3) is 0.800. The summed E-state index contributed by atoms with van der Waals surface area (Å²) in [7, 11) is 4.11. The minimum absolute atomic E-state index is 0.245. The zero-order valence-corrected chi connectivity index (χ0v) is 9.43. The van der Waals surface area contributed by atoms with Crippen LogP contribution in [-0.4, -0.2) is 45.0 Å². The fourth-order valence-electron chi connectivity index (χ4n) is 1.20. The Labute approximate surface area is 90.2 Å². The Kier molecular flexibility index (Phi) is 4.55. The lowest BCUT2D eigenvalue weighted by Crippen LogP contribution is -3.05. The number of nitrogens with one attached hydrogen (secondary N) is 3. The first-order valence-electron chi connectivity index (χ1n) is 5.47. The number of rotatable bonds is 5. The molecule has 0 atom stereocenters. The third-order valence-corrected chi connectivity index (χ3v) is 2.26. The molecular formula is C10H20N3O2+. The van der Waals surface area contributed by atoms with Crippen molar-refractivity contribution in [2.75, 3.05) is 27.2 Å². The third kappa shape index (κ3) is 5.37. The van der Waals surface area contributed by atoms with Gasteiger partial charge in [0, 0.05) is 19.0 Å². The molecule has 1 saturated carbocycles. The third-order valence-electron chi connectivity index (χ3n) is 2.26. The van der Waals surface area contributed by atoms with Gasteiger partial charge >= 0.3 is 11.8 Å². The Balaban J connectivity index is 2.03. The molecule has 0 aromatic carbocycles. The number of amides is 2. The highest BCUT2D eigenvalue weighted by molar-refractivity contribution is 6.35. The van der Waals surface area contributed by atoms with E-state index in [0.29, 0.717) is 6.54 Å². The van der Waals surface area contributed by atoms with Gasteiger partial charge in [0.2, 0.25) is 0 Å². The van der Waals surface area contributed by atoms with Crippen molar-refractivity contribution in [3.63, 3.8) is 0 Å². The molecule has 0 aliphatic heterocycles. The first kappa shape index (κ1) is 12.0. The van der Waals surface area contributed by atoms with Crippen LogP contribution in [0.5, 0.6) is 0 Å². The second kappa shape index (κ2) is 5.70. The van der Waals surface area contributed by atoms with E-state index in [1.54, 1.807) is 0 Å². The van der Waals surface area contributed by atoms with Crippen molar-refractivity contribution >= 4 is 11.8 Å². The number of carbonyl (C=O) groups excluding carboxylic acids is 2. The van der Waals surface area contributed by atoms with Gasteiger partial charge in [0.05, 0.1) is 20.6 Å². The van der Waals surface area contributed by atoms with Crippen LogP contribution in [0.1, 0.15) is 19.3 Å². The van der Waals surface area contributed by atoms with Crippen molar-refractivity contribution < 1.29 is 14.5 Å². The Bertz CT molecular complexity index is 237. The van der Waals surface area contributed by atoms with Crippen molar-refractivity contribution in [1.29, 1.82) is 0 Å². The molecule has 15 heavy (non-hydrogen) atoms. The predicted octanol–water partition coefficient (Wildman–Crippen LogP) is -2.08. The van der Waals surface area contributed by atoms with Crippen molar-refractivity contribution in [3.8, 4) is 0 Å². The molecule has 0 spiro atoms. The van der Waals surface area contributed by atoms with E-state index in [0.717, 1.165) is 25.8 Å². The van der Waals surface area contributed by atoms with Gasteiger partial charge in [0.1, 0.15) is 0 Å². The van der Waals surface area contributed by atoms with E-state index in [4.69, 9.17) is 0 Å². The van der Waals surface area contributed by atoms with Crippen LogP contribution in [0.15, 0.2) is 0 Å². The second-order valence-electron chi connectivity index (χ2n) is 4.31. The summed E-state index contributed by atoms with van der Waals surface area (Å²) in [5, 5.41) is 5.25. The van der Waals surface area contributed by atoms with Crippen LogP contribution >= 0.6 is 0 Å². The van der Waals surface area contributed by atoms with E-state index in [-0.39, 0.29) is 6.04 Å². The Hall–Kier alpha value is -1.10. The lowest BCUT2D eigenvalue weighted by Gasteiger charge is -2.07. The lowest BCUT2D eigenvalue weighted by atomic mass is 10.4. The highest BCUT2D eigenvalue weighted by atomic mass is 16.2. The van der Waals surface area contributed by atoms with Gasteiger partial charge in [-0.2, -0.15) is 0 Å². The van der Waals surface area contributed by atoms with Gasteiger partial charge in [-0.05, 0) is 12.8 Å². The Morgan fingerprint density at radius 2 is 1.93 bits per heavy atom. The average molecular weight is 214 g/mol. The molecule has 5 heteroatoms. The molecule has 0 aromatic heterocycles. The van der Waals surface area contributed by atoms with E-state index < -0.39 is 11.8 Å². The largest absolute Gasteiger partial charge is 0.348 e. The normalized spacial score (nSPS) is 15.1. The molecule has 3 N–H and O–H groups in total. The van der Waals surface area contributed by atoms with Gasteiger partial charge in [0.15, 0.2) is 0 Å². The van der Waals surface area contributed by atoms with E-state index in [1.165, 1.54) is 4.90 Å². The highest BCUT2D eigenvalue weighted by Gasteiger charge is 2.25. The number of carbonyl (C=O) groups is 2. The number of hydrogen-bond acceptors (Lipinski definition) is 2. The van der Waals surface area contributed by atoms with Crippen molar-refractivity contribution in [3.05, 3.63) is 0 Å². The first-order valence-corrected chi connectivity index (χ1v) is 5.47. The zero-order valence-electron chi connectivity index (χ0n) is 9.43. The van der Waals surface area contributed by atoms with Crippen LogP contribution in [0.25, 0.3) is 0 Å². The van der Waals surface area contributed by atoms with Gasteiger partial charge in [-0.3, -0.25) is 9.59 Å². The summed E-state index contributed by atoms with van der Waals surface area (Å²) in [5.74, 6) is -0.995. The van der Waals surface area contributed by atoms with Crippen LogP contribution in [0.2, 0.25) is 0 Å². The molecule has 0 saturated heterocycles. The zero-order chi connectivity index (χ0) is 11.3. The number of quaternary nitrogens is 1. The van der Waals surface area contributed by atoms with Crippen LogP contribution in [0.3, 0.4) is 0 Å². The molecule has 86 valence electrons. The maximum absolute atomic E-state index is 11.2. The summed E-state index contributed by atoms with van der Waals surface area (Å²) < 4.78 is 0. The van der Waals surface area contributed by atoms with E-state index in [2.05, 4.69) is 24.7 Å². The first-order chi connectivity index (χ1) is 7.09. The van der Waals surface area contributed by atoms with Crippen LogP contribution < -0.4 is 15.5 Å². The smallest absolute Gasteiger partial charge is 0.309 e. The minimum atomic E-state index is -0.504. The molecule has 0 unspecified atom stereocenters. The van der Waals surface area contributed by atoms with Gasteiger partial charge in [0.25, 0.3) is 0 Å². The van der Waals surface area contributed by atoms with Crippen molar-refractivity contribution in [2.24, 2.45) is 0 Å². The maximum Gasteiger partial charge on any atom is 0.309 e. The molecule has 2 amide bonds. The molecule has 1 aliphatic rings. The second-order valence-corrected chi connectivity index (χ2v) is 4.31. The summed E-state index contributed by atoms with van der Waals surface area (Å²) in [6.45, 7) is 1.56. The quantitative estimate of drug-likeness (QED) is 0.363. The lowest BCUT2D eigenvalue weighted by molar-refractivity contribution is -0.858. The molecule has 0 heterocycles. The highest BCUT2D eigenvalue weighted by Crippen LogP contribution is 2.18. The fourth-order valence-corrected chi connectivity index (χ4v) is 1.20. The standard InChI is InChI=1S/C10H19N3O2/c1-13(2)7-3-6-11-9(14)10(15)12-8-4-5-8/h8H,3-7H2,1-2H3,(H,11,14)(H,12,15)/p+1. The molecule has 1 fully saturated rings.